The topological polar surface area (TPSA) is 41.6 Å². The number of carbonyl (C=O) groups excluding carboxylic acids is 1. The number of esters is 1. The van der Waals surface area contributed by atoms with E-state index in [1.54, 1.807) is 0 Å². The lowest BCUT2D eigenvalue weighted by Crippen LogP contribution is -2.52. The first-order chi connectivity index (χ1) is 9.24. The second-order valence-electron chi connectivity index (χ2n) is 7.18. The predicted octanol–water partition coefficient (Wildman–Crippen LogP) is 2.43. The number of carbonyl (C=O) groups is 1. The Hall–Kier alpha value is -0.610. The quantitative estimate of drug-likeness (QED) is 0.787. The molecule has 4 heteroatoms. The van der Waals surface area contributed by atoms with Crippen LogP contribution in [-0.2, 0) is 9.53 Å². The van der Waals surface area contributed by atoms with Gasteiger partial charge in [-0.05, 0) is 65.1 Å². The van der Waals surface area contributed by atoms with Crippen LogP contribution in [0.5, 0.6) is 0 Å². The summed E-state index contributed by atoms with van der Waals surface area (Å²) in [7, 11) is 3.28. The normalized spacial score (nSPS) is 24.5. The van der Waals surface area contributed by atoms with Gasteiger partial charge in [0, 0.05) is 6.04 Å². The SMILES string of the molecule is CNC(C)(CC(C)N1CCCC(C)(C)CC1)C(=O)OC. The van der Waals surface area contributed by atoms with Gasteiger partial charge in [0.2, 0.25) is 0 Å². The third kappa shape index (κ3) is 4.45. The Labute approximate surface area is 124 Å². The number of rotatable bonds is 5. The van der Waals surface area contributed by atoms with Crippen LogP contribution in [0.15, 0.2) is 0 Å². The Morgan fingerprint density at radius 3 is 2.60 bits per heavy atom. The van der Waals surface area contributed by atoms with Crippen LogP contribution < -0.4 is 5.32 Å². The Morgan fingerprint density at radius 2 is 2.05 bits per heavy atom. The molecule has 0 spiro atoms. The van der Waals surface area contributed by atoms with Crippen molar-refractivity contribution in [2.75, 3.05) is 27.2 Å². The summed E-state index contributed by atoms with van der Waals surface area (Å²) in [6, 6.07) is 0.375. The summed E-state index contributed by atoms with van der Waals surface area (Å²) in [5, 5.41) is 3.13. The largest absolute Gasteiger partial charge is 0.468 e. The maximum atomic E-state index is 12.0. The monoisotopic (exact) mass is 284 g/mol. The van der Waals surface area contributed by atoms with Crippen molar-refractivity contribution in [3.63, 3.8) is 0 Å². The molecule has 2 atom stereocenters. The molecular weight excluding hydrogens is 252 g/mol. The van der Waals surface area contributed by atoms with E-state index in [1.807, 2.05) is 14.0 Å². The summed E-state index contributed by atoms with van der Waals surface area (Å²) < 4.78 is 4.93. The van der Waals surface area contributed by atoms with Gasteiger partial charge in [0.25, 0.3) is 0 Å². The minimum absolute atomic E-state index is 0.179. The van der Waals surface area contributed by atoms with Crippen molar-refractivity contribution >= 4 is 5.97 Å². The van der Waals surface area contributed by atoms with E-state index in [1.165, 1.54) is 26.4 Å². The molecule has 1 saturated heterocycles. The molecule has 0 amide bonds. The molecule has 0 bridgehead atoms. The highest BCUT2D eigenvalue weighted by Crippen LogP contribution is 2.31. The summed E-state index contributed by atoms with van der Waals surface area (Å²) in [6.07, 6.45) is 4.53. The fourth-order valence-corrected chi connectivity index (χ4v) is 3.12. The number of methoxy groups -OCH3 is 1. The average Bonchev–Trinajstić information content (AvgIpc) is 2.58. The fraction of sp³-hybridized carbons (Fsp3) is 0.938. The van der Waals surface area contributed by atoms with Crippen molar-refractivity contribution in [1.29, 1.82) is 0 Å². The van der Waals surface area contributed by atoms with Gasteiger partial charge in [-0.3, -0.25) is 4.79 Å². The van der Waals surface area contributed by atoms with Gasteiger partial charge in [-0.15, -0.1) is 0 Å². The van der Waals surface area contributed by atoms with Crippen LogP contribution in [-0.4, -0.2) is 49.7 Å². The molecule has 1 aliphatic rings. The summed E-state index contributed by atoms with van der Waals surface area (Å²) in [6.45, 7) is 11.1. The maximum absolute atomic E-state index is 12.0. The second-order valence-corrected chi connectivity index (χ2v) is 7.18. The van der Waals surface area contributed by atoms with Gasteiger partial charge in [-0.25, -0.2) is 0 Å². The molecule has 1 N–H and O–H groups in total. The van der Waals surface area contributed by atoms with E-state index in [2.05, 4.69) is 31.0 Å². The summed E-state index contributed by atoms with van der Waals surface area (Å²) in [5.74, 6) is -0.179. The molecule has 1 heterocycles. The number of ether oxygens (including phenoxy) is 1. The molecule has 0 aliphatic carbocycles. The Morgan fingerprint density at radius 1 is 1.40 bits per heavy atom. The zero-order chi connectivity index (χ0) is 15.4. The van der Waals surface area contributed by atoms with Crippen LogP contribution in [0.2, 0.25) is 0 Å². The van der Waals surface area contributed by atoms with Gasteiger partial charge in [0.05, 0.1) is 7.11 Å². The van der Waals surface area contributed by atoms with Gasteiger partial charge >= 0.3 is 5.97 Å². The van der Waals surface area contributed by atoms with E-state index < -0.39 is 5.54 Å². The van der Waals surface area contributed by atoms with E-state index in [4.69, 9.17) is 4.74 Å². The molecule has 0 aromatic rings. The first kappa shape index (κ1) is 17.4. The first-order valence-electron chi connectivity index (χ1n) is 7.75. The molecule has 0 aromatic carbocycles. The zero-order valence-electron chi connectivity index (χ0n) is 14.1. The van der Waals surface area contributed by atoms with Gasteiger partial charge in [-0.2, -0.15) is 0 Å². The van der Waals surface area contributed by atoms with E-state index in [9.17, 15) is 4.79 Å². The minimum atomic E-state index is -0.601. The molecule has 1 fully saturated rings. The van der Waals surface area contributed by atoms with Crippen LogP contribution in [0, 0.1) is 5.41 Å². The summed E-state index contributed by atoms with van der Waals surface area (Å²) in [5.41, 5.74) is -0.154. The Balaban J connectivity index is 2.65. The van der Waals surface area contributed by atoms with E-state index in [0.29, 0.717) is 11.5 Å². The highest BCUT2D eigenvalue weighted by molar-refractivity contribution is 5.80. The van der Waals surface area contributed by atoms with E-state index in [0.717, 1.165) is 19.5 Å². The molecule has 0 saturated carbocycles. The zero-order valence-corrected chi connectivity index (χ0v) is 14.1. The van der Waals surface area contributed by atoms with Crippen LogP contribution in [0.4, 0.5) is 0 Å². The van der Waals surface area contributed by atoms with Crippen molar-refractivity contribution in [3.05, 3.63) is 0 Å². The lowest BCUT2D eigenvalue weighted by atomic mass is 9.85. The predicted molar refractivity (Wildman–Crippen MR) is 82.8 cm³/mol. The van der Waals surface area contributed by atoms with Crippen molar-refractivity contribution in [1.82, 2.24) is 10.2 Å². The van der Waals surface area contributed by atoms with Crippen LogP contribution >= 0.6 is 0 Å². The number of nitrogens with zero attached hydrogens (tertiary/aromatic N) is 1. The van der Waals surface area contributed by atoms with E-state index in [-0.39, 0.29) is 5.97 Å². The van der Waals surface area contributed by atoms with E-state index >= 15 is 0 Å². The molecule has 0 radical (unpaired) electrons. The van der Waals surface area contributed by atoms with Gasteiger partial charge in [0.1, 0.15) is 5.54 Å². The summed E-state index contributed by atoms with van der Waals surface area (Å²) in [4.78, 5) is 14.5. The van der Waals surface area contributed by atoms with Crippen LogP contribution in [0.1, 0.15) is 53.4 Å². The average molecular weight is 284 g/mol. The smallest absolute Gasteiger partial charge is 0.325 e. The standard InChI is InChI=1S/C16H32N2O2/c1-13(12-16(4,17-5)14(19)20-6)18-10-7-8-15(2,3)9-11-18/h13,17H,7-12H2,1-6H3. The third-order valence-electron chi connectivity index (χ3n) is 4.89. The van der Waals surface area contributed by atoms with Crippen molar-refractivity contribution in [3.8, 4) is 0 Å². The highest BCUT2D eigenvalue weighted by Gasteiger charge is 2.36. The number of likely N-dealkylation sites (tertiary alicyclic amines) is 1. The molecular formula is C16H32N2O2. The molecule has 4 nitrogen and oxygen atoms in total. The molecule has 20 heavy (non-hydrogen) atoms. The fourth-order valence-electron chi connectivity index (χ4n) is 3.12. The highest BCUT2D eigenvalue weighted by atomic mass is 16.5. The number of hydrogen-bond acceptors (Lipinski definition) is 4. The van der Waals surface area contributed by atoms with Gasteiger partial charge in [-0.1, -0.05) is 13.8 Å². The lowest BCUT2D eigenvalue weighted by Gasteiger charge is -2.35. The minimum Gasteiger partial charge on any atom is -0.468 e. The van der Waals surface area contributed by atoms with Crippen molar-refractivity contribution < 1.29 is 9.53 Å². The summed E-state index contributed by atoms with van der Waals surface area (Å²) >= 11 is 0. The van der Waals surface area contributed by atoms with Gasteiger partial charge in [0.15, 0.2) is 0 Å². The van der Waals surface area contributed by atoms with Crippen molar-refractivity contribution in [2.24, 2.45) is 5.41 Å². The van der Waals surface area contributed by atoms with Crippen LogP contribution in [0.3, 0.4) is 0 Å². The van der Waals surface area contributed by atoms with Crippen LogP contribution in [0.25, 0.3) is 0 Å². The molecule has 2 unspecified atom stereocenters. The molecule has 1 aliphatic heterocycles. The van der Waals surface area contributed by atoms with Gasteiger partial charge < -0.3 is 15.0 Å². The lowest BCUT2D eigenvalue weighted by molar-refractivity contribution is -0.148. The third-order valence-corrected chi connectivity index (χ3v) is 4.89. The second kappa shape index (κ2) is 6.90. The number of likely N-dealkylation sites (N-methyl/N-ethyl adjacent to an activating group) is 1. The van der Waals surface area contributed by atoms with Crippen molar-refractivity contribution in [2.45, 2.75) is 65.0 Å². The molecule has 0 aromatic heterocycles. The maximum Gasteiger partial charge on any atom is 0.325 e. The number of nitrogens with one attached hydrogen (secondary N) is 1. The Kier molecular flexibility index (Phi) is 6.02. The molecule has 118 valence electrons. The number of hydrogen-bond donors (Lipinski definition) is 1. The Bertz CT molecular complexity index is 330. The first-order valence-corrected chi connectivity index (χ1v) is 7.75. The molecule has 1 rings (SSSR count).